The highest BCUT2D eigenvalue weighted by molar-refractivity contribution is 5.49. The molecule has 0 radical (unpaired) electrons. The minimum Gasteiger partial charge on any atom is -0.381 e. The molecule has 0 amide bonds. The SMILES string of the molecule is Cc1ccc(C2CC(Nc3ccc(NC4CCC4)nc3)C2)cc1. The molecular weight excluding hydrogens is 282 g/mol. The van der Waals surface area contributed by atoms with E-state index in [1.165, 1.54) is 43.2 Å². The number of hydrogen-bond acceptors (Lipinski definition) is 3. The fraction of sp³-hybridized carbons (Fsp3) is 0.450. The van der Waals surface area contributed by atoms with Crippen molar-refractivity contribution in [3.8, 4) is 0 Å². The summed E-state index contributed by atoms with van der Waals surface area (Å²) in [7, 11) is 0. The van der Waals surface area contributed by atoms with E-state index in [2.05, 4.69) is 58.9 Å². The molecule has 0 unspecified atom stereocenters. The number of aromatic nitrogens is 1. The van der Waals surface area contributed by atoms with Crippen molar-refractivity contribution in [1.29, 1.82) is 0 Å². The molecule has 23 heavy (non-hydrogen) atoms. The zero-order valence-electron chi connectivity index (χ0n) is 13.8. The molecule has 1 aromatic heterocycles. The lowest BCUT2D eigenvalue weighted by Gasteiger charge is -2.37. The van der Waals surface area contributed by atoms with Crippen LogP contribution in [0.5, 0.6) is 0 Å². The topological polar surface area (TPSA) is 37.0 Å². The van der Waals surface area contributed by atoms with Crippen LogP contribution in [-0.4, -0.2) is 17.1 Å². The molecule has 120 valence electrons. The number of aryl methyl sites for hydroxylation is 1. The Morgan fingerprint density at radius 1 is 0.913 bits per heavy atom. The Kier molecular flexibility index (Phi) is 3.94. The molecule has 2 saturated carbocycles. The number of benzene rings is 1. The number of rotatable bonds is 5. The molecule has 2 aliphatic rings. The van der Waals surface area contributed by atoms with Gasteiger partial charge in [-0.1, -0.05) is 29.8 Å². The van der Waals surface area contributed by atoms with Crippen molar-refractivity contribution in [2.24, 2.45) is 0 Å². The van der Waals surface area contributed by atoms with Gasteiger partial charge in [-0.05, 0) is 62.6 Å². The van der Waals surface area contributed by atoms with E-state index in [0.29, 0.717) is 18.0 Å². The van der Waals surface area contributed by atoms with E-state index in [1.54, 1.807) is 0 Å². The fourth-order valence-corrected chi connectivity index (χ4v) is 3.41. The first-order valence-corrected chi connectivity index (χ1v) is 8.82. The Balaban J connectivity index is 1.27. The Bertz CT molecular complexity index is 638. The summed E-state index contributed by atoms with van der Waals surface area (Å²) in [6, 6.07) is 14.4. The monoisotopic (exact) mass is 307 g/mol. The number of anilines is 2. The van der Waals surface area contributed by atoms with E-state index >= 15 is 0 Å². The smallest absolute Gasteiger partial charge is 0.126 e. The predicted molar refractivity (Wildman–Crippen MR) is 96.1 cm³/mol. The molecule has 3 nitrogen and oxygen atoms in total. The molecule has 2 N–H and O–H groups in total. The summed E-state index contributed by atoms with van der Waals surface area (Å²) >= 11 is 0. The van der Waals surface area contributed by atoms with Gasteiger partial charge in [0, 0.05) is 12.1 Å². The van der Waals surface area contributed by atoms with Crippen LogP contribution in [0.15, 0.2) is 42.6 Å². The summed E-state index contributed by atoms with van der Waals surface area (Å²) in [5.74, 6) is 1.71. The van der Waals surface area contributed by atoms with Crippen molar-refractivity contribution in [2.45, 2.75) is 57.0 Å². The third-order valence-corrected chi connectivity index (χ3v) is 5.28. The molecule has 1 aromatic carbocycles. The van der Waals surface area contributed by atoms with Gasteiger partial charge >= 0.3 is 0 Å². The molecule has 0 atom stereocenters. The van der Waals surface area contributed by atoms with Gasteiger partial charge in [0.1, 0.15) is 5.82 Å². The molecule has 2 aromatic rings. The van der Waals surface area contributed by atoms with Crippen molar-refractivity contribution < 1.29 is 0 Å². The highest BCUT2D eigenvalue weighted by Gasteiger charge is 2.30. The van der Waals surface area contributed by atoms with Crippen molar-refractivity contribution >= 4 is 11.5 Å². The van der Waals surface area contributed by atoms with Gasteiger partial charge in [0.05, 0.1) is 11.9 Å². The van der Waals surface area contributed by atoms with Gasteiger partial charge in [-0.2, -0.15) is 0 Å². The molecule has 0 saturated heterocycles. The summed E-state index contributed by atoms with van der Waals surface area (Å²) in [4.78, 5) is 4.53. The Morgan fingerprint density at radius 2 is 1.70 bits per heavy atom. The number of nitrogens with one attached hydrogen (secondary N) is 2. The standard InChI is InChI=1S/C20H25N3/c1-14-5-7-15(8-6-14)16-11-19(12-16)22-18-9-10-20(21-13-18)23-17-3-2-4-17/h5-10,13,16-17,19,22H,2-4,11-12H2,1H3,(H,21,23). The van der Waals surface area contributed by atoms with Gasteiger partial charge in [-0.25, -0.2) is 4.98 Å². The number of nitrogens with zero attached hydrogens (tertiary/aromatic N) is 1. The fourth-order valence-electron chi connectivity index (χ4n) is 3.41. The number of hydrogen-bond donors (Lipinski definition) is 2. The lowest BCUT2D eigenvalue weighted by Crippen LogP contribution is -2.34. The maximum Gasteiger partial charge on any atom is 0.126 e. The largest absolute Gasteiger partial charge is 0.381 e. The van der Waals surface area contributed by atoms with Crippen LogP contribution < -0.4 is 10.6 Å². The molecule has 2 aliphatic carbocycles. The van der Waals surface area contributed by atoms with Gasteiger partial charge in [0.2, 0.25) is 0 Å². The first-order chi connectivity index (χ1) is 11.3. The molecule has 0 bridgehead atoms. The van der Waals surface area contributed by atoms with Crippen LogP contribution >= 0.6 is 0 Å². The molecule has 0 spiro atoms. The Labute approximate surface area is 138 Å². The zero-order chi connectivity index (χ0) is 15.6. The van der Waals surface area contributed by atoms with Crippen LogP contribution in [0.3, 0.4) is 0 Å². The quantitative estimate of drug-likeness (QED) is 0.839. The lowest BCUT2D eigenvalue weighted by molar-refractivity contribution is 0.374. The molecule has 1 heterocycles. The first kappa shape index (κ1) is 14.6. The highest BCUT2D eigenvalue weighted by atomic mass is 15.0. The Hall–Kier alpha value is -2.03. The van der Waals surface area contributed by atoms with E-state index in [1.807, 2.05) is 6.20 Å². The average Bonchev–Trinajstić information content (AvgIpc) is 2.49. The Morgan fingerprint density at radius 3 is 2.30 bits per heavy atom. The second-order valence-corrected chi connectivity index (χ2v) is 7.12. The van der Waals surface area contributed by atoms with Crippen LogP contribution in [0.1, 0.15) is 49.1 Å². The normalized spacial score (nSPS) is 23.7. The van der Waals surface area contributed by atoms with E-state index < -0.39 is 0 Å². The second kappa shape index (κ2) is 6.23. The minimum atomic E-state index is 0.577. The maximum absolute atomic E-state index is 4.53. The van der Waals surface area contributed by atoms with Crippen LogP contribution in [0.2, 0.25) is 0 Å². The summed E-state index contributed by atoms with van der Waals surface area (Å²) in [5, 5.41) is 7.09. The van der Waals surface area contributed by atoms with Crippen molar-refractivity contribution in [2.75, 3.05) is 10.6 Å². The summed E-state index contributed by atoms with van der Waals surface area (Å²) in [6.07, 6.45) is 8.30. The van der Waals surface area contributed by atoms with Crippen LogP contribution in [0.25, 0.3) is 0 Å². The molecular formula is C20H25N3. The third kappa shape index (κ3) is 3.34. The molecule has 2 fully saturated rings. The van der Waals surface area contributed by atoms with Gasteiger partial charge in [0.15, 0.2) is 0 Å². The number of pyridine rings is 1. The van der Waals surface area contributed by atoms with Crippen molar-refractivity contribution in [3.05, 3.63) is 53.7 Å². The second-order valence-electron chi connectivity index (χ2n) is 7.12. The van der Waals surface area contributed by atoms with E-state index in [4.69, 9.17) is 0 Å². The van der Waals surface area contributed by atoms with Gasteiger partial charge in [-0.15, -0.1) is 0 Å². The predicted octanol–water partition coefficient (Wildman–Crippen LogP) is 4.71. The summed E-state index contributed by atoms with van der Waals surface area (Å²) in [5.41, 5.74) is 3.95. The van der Waals surface area contributed by atoms with Crippen molar-refractivity contribution in [1.82, 2.24) is 4.98 Å². The molecule has 0 aliphatic heterocycles. The van der Waals surface area contributed by atoms with E-state index in [-0.39, 0.29) is 0 Å². The molecule has 3 heteroatoms. The van der Waals surface area contributed by atoms with Gasteiger partial charge in [-0.3, -0.25) is 0 Å². The maximum atomic E-state index is 4.53. The zero-order valence-corrected chi connectivity index (χ0v) is 13.8. The van der Waals surface area contributed by atoms with E-state index in [0.717, 1.165) is 11.5 Å². The molecule has 4 rings (SSSR count). The van der Waals surface area contributed by atoms with E-state index in [9.17, 15) is 0 Å². The van der Waals surface area contributed by atoms with Crippen LogP contribution in [0, 0.1) is 6.92 Å². The summed E-state index contributed by atoms with van der Waals surface area (Å²) in [6.45, 7) is 2.14. The summed E-state index contributed by atoms with van der Waals surface area (Å²) < 4.78 is 0. The third-order valence-electron chi connectivity index (χ3n) is 5.28. The van der Waals surface area contributed by atoms with Gasteiger partial charge < -0.3 is 10.6 Å². The average molecular weight is 307 g/mol. The van der Waals surface area contributed by atoms with Gasteiger partial charge in [0.25, 0.3) is 0 Å². The highest BCUT2D eigenvalue weighted by Crippen LogP contribution is 2.38. The van der Waals surface area contributed by atoms with Crippen LogP contribution in [-0.2, 0) is 0 Å². The van der Waals surface area contributed by atoms with Crippen LogP contribution in [0.4, 0.5) is 11.5 Å². The first-order valence-electron chi connectivity index (χ1n) is 8.82. The minimum absolute atomic E-state index is 0.577. The lowest BCUT2D eigenvalue weighted by atomic mass is 9.75. The van der Waals surface area contributed by atoms with Crippen molar-refractivity contribution in [3.63, 3.8) is 0 Å².